The molecule has 22 heavy (non-hydrogen) atoms. The minimum Gasteiger partial charge on any atom is -0.278 e. The monoisotopic (exact) mass is 379 g/mol. The van der Waals surface area contributed by atoms with Crippen LogP contribution in [0.2, 0.25) is 0 Å². The highest BCUT2D eigenvalue weighted by Gasteiger charge is 2.65. The highest BCUT2D eigenvalue weighted by Crippen LogP contribution is 2.54. The van der Waals surface area contributed by atoms with Gasteiger partial charge in [-0.3, -0.25) is 14.6 Å². The number of hydrogen-bond donors (Lipinski definition) is 0. The van der Waals surface area contributed by atoms with Gasteiger partial charge in [0.25, 0.3) is 0 Å². The zero-order valence-corrected chi connectivity index (χ0v) is 14.5. The van der Waals surface area contributed by atoms with Crippen LogP contribution >= 0.6 is 27.7 Å². The number of halogens is 1. The predicted octanol–water partition coefficient (Wildman–Crippen LogP) is 2.67. The van der Waals surface area contributed by atoms with Crippen molar-refractivity contribution in [2.24, 2.45) is 16.9 Å². The largest absolute Gasteiger partial charge is 0.278 e. The summed E-state index contributed by atoms with van der Waals surface area (Å²) in [7, 11) is 0. The number of imide groups is 1. The van der Waals surface area contributed by atoms with Crippen molar-refractivity contribution in [2.45, 2.75) is 18.7 Å². The van der Waals surface area contributed by atoms with Crippen molar-refractivity contribution in [2.75, 3.05) is 11.4 Å². The van der Waals surface area contributed by atoms with E-state index in [2.05, 4.69) is 21.0 Å². The molecule has 0 bridgehead atoms. The number of anilines is 1. The number of amides is 2. The third-order valence-corrected chi connectivity index (χ3v) is 6.37. The summed E-state index contributed by atoms with van der Waals surface area (Å²) in [5.74, 6) is -0.860. The molecule has 3 heterocycles. The molecule has 1 aromatic carbocycles. The van der Waals surface area contributed by atoms with Gasteiger partial charge >= 0.3 is 0 Å². The maximum Gasteiger partial charge on any atom is 0.241 e. The van der Waals surface area contributed by atoms with Crippen molar-refractivity contribution in [3.05, 3.63) is 28.7 Å². The first-order chi connectivity index (χ1) is 10.4. The first-order valence-corrected chi connectivity index (χ1v) is 8.68. The maximum absolute atomic E-state index is 12.9. The molecule has 1 aromatic rings. The maximum atomic E-state index is 12.9. The molecular weight excluding hydrogens is 366 g/mol. The van der Waals surface area contributed by atoms with Gasteiger partial charge in [0.05, 0.1) is 29.1 Å². The van der Waals surface area contributed by atoms with Gasteiger partial charge in [-0.2, -0.15) is 5.10 Å². The van der Waals surface area contributed by atoms with E-state index in [9.17, 15) is 9.59 Å². The molecule has 4 rings (SSSR count). The Balaban J connectivity index is 1.72. The van der Waals surface area contributed by atoms with Crippen molar-refractivity contribution in [3.63, 3.8) is 0 Å². The third-order valence-electron chi connectivity index (χ3n) is 4.59. The molecule has 0 spiro atoms. The SMILES string of the molecule is CC1=NN2C[C@@H]3C(=O)N(c4ccc(Br)cc4)C(=O)[C@@H]3[C@]2(C)S1. The lowest BCUT2D eigenvalue weighted by Crippen LogP contribution is -2.43. The van der Waals surface area contributed by atoms with E-state index in [-0.39, 0.29) is 23.7 Å². The van der Waals surface area contributed by atoms with Gasteiger partial charge < -0.3 is 0 Å². The second-order valence-electron chi connectivity index (χ2n) is 5.93. The van der Waals surface area contributed by atoms with Crippen LogP contribution in [0, 0.1) is 11.8 Å². The highest BCUT2D eigenvalue weighted by atomic mass is 79.9. The standard InChI is InChI=1S/C15H14BrN3O2S/c1-8-17-18-7-11-12(15(18,2)22-8)14(21)19(13(11)20)10-5-3-9(16)4-6-10/h3-6,11-12H,7H2,1-2H3/t11-,12+,15-/m0/s1. The number of carbonyl (C=O) groups excluding carboxylic acids is 2. The molecule has 3 aliphatic heterocycles. The van der Waals surface area contributed by atoms with Crippen molar-refractivity contribution in [1.29, 1.82) is 0 Å². The van der Waals surface area contributed by atoms with E-state index >= 15 is 0 Å². The second kappa shape index (κ2) is 4.58. The molecule has 5 nitrogen and oxygen atoms in total. The summed E-state index contributed by atoms with van der Waals surface area (Å²) in [6, 6.07) is 7.28. The van der Waals surface area contributed by atoms with Crippen molar-refractivity contribution in [3.8, 4) is 0 Å². The molecule has 2 amide bonds. The predicted molar refractivity (Wildman–Crippen MR) is 89.4 cm³/mol. The van der Waals surface area contributed by atoms with Crippen molar-refractivity contribution in [1.82, 2.24) is 5.01 Å². The van der Waals surface area contributed by atoms with Crippen LogP contribution in [-0.2, 0) is 9.59 Å². The van der Waals surface area contributed by atoms with Gasteiger partial charge in [-0.25, -0.2) is 4.90 Å². The van der Waals surface area contributed by atoms with Crippen LogP contribution in [0.5, 0.6) is 0 Å². The van der Waals surface area contributed by atoms with Crippen LogP contribution in [-0.4, -0.2) is 33.3 Å². The molecule has 0 aliphatic carbocycles. The fraction of sp³-hybridized carbons (Fsp3) is 0.400. The number of benzene rings is 1. The van der Waals surface area contributed by atoms with Crippen molar-refractivity contribution >= 4 is 50.2 Å². The number of carbonyl (C=O) groups is 2. The van der Waals surface area contributed by atoms with E-state index in [0.717, 1.165) is 9.52 Å². The molecule has 0 saturated carbocycles. The van der Waals surface area contributed by atoms with Crippen LogP contribution in [0.15, 0.2) is 33.8 Å². The quantitative estimate of drug-likeness (QED) is 0.703. The van der Waals surface area contributed by atoms with E-state index in [1.165, 1.54) is 4.90 Å². The van der Waals surface area contributed by atoms with Gasteiger partial charge in [-0.15, -0.1) is 0 Å². The number of nitrogens with zero attached hydrogens (tertiary/aromatic N) is 3. The van der Waals surface area contributed by atoms with Gasteiger partial charge in [-0.05, 0) is 38.1 Å². The Hall–Kier alpha value is -1.34. The normalized spacial score (nSPS) is 33.3. The zero-order chi connectivity index (χ0) is 15.6. The summed E-state index contributed by atoms with van der Waals surface area (Å²) in [6.07, 6.45) is 0. The fourth-order valence-corrected chi connectivity index (χ4v) is 5.25. The molecule has 0 aromatic heterocycles. The molecule has 0 radical (unpaired) electrons. The molecule has 0 N–H and O–H groups in total. The average molecular weight is 380 g/mol. The summed E-state index contributed by atoms with van der Waals surface area (Å²) >= 11 is 4.96. The second-order valence-corrected chi connectivity index (χ2v) is 8.47. The number of thioether (sulfide) groups is 1. The van der Waals surface area contributed by atoms with E-state index in [1.54, 1.807) is 23.9 Å². The average Bonchev–Trinajstić information content (AvgIpc) is 2.97. The number of hydrazone groups is 1. The molecule has 3 atom stereocenters. The Morgan fingerprint density at radius 2 is 1.95 bits per heavy atom. The lowest BCUT2D eigenvalue weighted by Gasteiger charge is -2.30. The summed E-state index contributed by atoms with van der Waals surface area (Å²) in [5.41, 5.74) is 0.642. The first kappa shape index (κ1) is 14.3. The smallest absolute Gasteiger partial charge is 0.241 e. The Morgan fingerprint density at radius 3 is 2.64 bits per heavy atom. The summed E-state index contributed by atoms with van der Waals surface area (Å²) in [4.78, 5) is 26.6. The molecule has 114 valence electrons. The highest BCUT2D eigenvalue weighted by molar-refractivity contribution is 9.10. The lowest BCUT2D eigenvalue weighted by atomic mass is 9.93. The Morgan fingerprint density at radius 1 is 1.27 bits per heavy atom. The fourth-order valence-electron chi connectivity index (χ4n) is 3.63. The molecule has 3 aliphatic rings. The van der Waals surface area contributed by atoms with E-state index in [4.69, 9.17) is 0 Å². The molecule has 2 saturated heterocycles. The van der Waals surface area contributed by atoms with Crippen LogP contribution in [0.4, 0.5) is 5.69 Å². The van der Waals surface area contributed by atoms with Gasteiger partial charge in [-0.1, -0.05) is 27.7 Å². The Labute approximate surface area is 140 Å². The minimum atomic E-state index is -0.439. The van der Waals surface area contributed by atoms with E-state index in [0.29, 0.717) is 12.2 Å². The Kier molecular flexibility index (Phi) is 2.97. The molecule has 2 fully saturated rings. The number of hydrogen-bond acceptors (Lipinski definition) is 5. The van der Waals surface area contributed by atoms with Gasteiger partial charge in [0.2, 0.25) is 11.8 Å². The van der Waals surface area contributed by atoms with E-state index < -0.39 is 4.87 Å². The molecule has 0 unspecified atom stereocenters. The molecule has 7 heteroatoms. The summed E-state index contributed by atoms with van der Waals surface area (Å²) in [6.45, 7) is 4.47. The van der Waals surface area contributed by atoms with Gasteiger partial charge in [0, 0.05) is 4.47 Å². The van der Waals surface area contributed by atoms with Gasteiger partial charge in [0.1, 0.15) is 4.87 Å². The zero-order valence-electron chi connectivity index (χ0n) is 12.1. The topological polar surface area (TPSA) is 53.0 Å². The summed E-state index contributed by atoms with van der Waals surface area (Å²) in [5, 5.41) is 7.33. The lowest BCUT2D eigenvalue weighted by molar-refractivity contribution is -0.123. The van der Waals surface area contributed by atoms with Crippen LogP contribution in [0.1, 0.15) is 13.8 Å². The minimum absolute atomic E-state index is 0.110. The van der Waals surface area contributed by atoms with Crippen LogP contribution < -0.4 is 4.90 Å². The van der Waals surface area contributed by atoms with Crippen LogP contribution in [0.3, 0.4) is 0 Å². The number of fused-ring (bicyclic) bond motifs is 3. The first-order valence-electron chi connectivity index (χ1n) is 7.07. The number of rotatable bonds is 1. The van der Waals surface area contributed by atoms with E-state index in [1.807, 2.05) is 31.0 Å². The van der Waals surface area contributed by atoms with Crippen LogP contribution in [0.25, 0.3) is 0 Å². The Bertz CT molecular complexity index is 720. The third kappa shape index (κ3) is 1.75. The molecular formula is C15H14BrN3O2S. The summed E-state index contributed by atoms with van der Waals surface area (Å²) < 4.78 is 0.920. The van der Waals surface area contributed by atoms with Gasteiger partial charge in [0.15, 0.2) is 0 Å². The van der Waals surface area contributed by atoms with Crippen molar-refractivity contribution < 1.29 is 9.59 Å².